The maximum Gasteiger partial charge on any atom is 0.337 e. The Labute approximate surface area is 177 Å². The van der Waals surface area contributed by atoms with Gasteiger partial charge in [-0.2, -0.15) is 0 Å². The number of methoxy groups -OCH3 is 4. The molecule has 7 nitrogen and oxygen atoms in total. The van der Waals surface area contributed by atoms with Gasteiger partial charge in [0.2, 0.25) is 0 Å². The first-order chi connectivity index (χ1) is 13.5. The Bertz CT molecular complexity index is 852. The number of aromatic carboxylic acids is 1. The molecule has 0 saturated carbocycles. The SMILES string of the molecule is CCN(CC)c1c(C(=O)O)cc(-c2ccc(OC)c(OC)c2)c(OC)c1OC.Cl. The zero-order valence-electron chi connectivity index (χ0n) is 17.6. The number of hydrogen-bond donors (Lipinski definition) is 1. The third-order valence-electron chi connectivity index (χ3n) is 4.62. The van der Waals surface area contributed by atoms with Crippen LogP contribution in [-0.2, 0) is 0 Å². The fourth-order valence-corrected chi connectivity index (χ4v) is 3.26. The quantitative estimate of drug-likeness (QED) is 0.639. The summed E-state index contributed by atoms with van der Waals surface area (Å²) in [5, 5.41) is 9.88. The number of carbonyl (C=O) groups is 1. The first kappa shape index (κ1) is 24.2. The summed E-state index contributed by atoms with van der Waals surface area (Å²) in [6, 6.07) is 6.97. The molecule has 1 N–H and O–H groups in total. The van der Waals surface area contributed by atoms with Crippen molar-refractivity contribution in [1.82, 2.24) is 0 Å². The van der Waals surface area contributed by atoms with E-state index in [9.17, 15) is 9.90 Å². The van der Waals surface area contributed by atoms with Gasteiger partial charge in [-0.1, -0.05) is 6.07 Å². The Morgan fingerprint density at radius 3 is 1.93 bits per heavy atom. The summed E-state index contributed by atoms with van der Waals surface area (Å²) in [7, 11) is 6.15. The van der Waals surface area contributed by atoms with E-state index in [1.807, 2.05) is 24.8 Å². The summed E-state index contributed by atoms with van der Waals surface area (Å²) in [5.74, 6) is 0.920. The second-order valence-electron chi connectivity index (χ2n) is 5.93. The summed E-state index contributed by atoms with van der Waals surface area (Å²) >= 11 is 0. The molecule has 0 radical (unpaired) electrons. The van der Waals surface area contributed by atoms with Gasteiger partial charge in [-0.15, -0.1) is 12.4 Å². The minimum atomic E-state index is -1.04. The number of ether oxygens (including phenoxy) is 4. The van der Waals surface area contributed by atoms with E-state index < -0.39 is 5.97 Å². The maximum absolute atomic E-state index is 12.1. The van der Waals surface area contributed by atoms with Crippen LogP contribution < -0.4 is 23.8 Å². The van der Waals surface area contributed by atoms with E-state index in [0.717, 1.165) is 5.56 Å². The fraction of sp³-hybridized carbons (Fsp3) is 0.381. The number of carboxylic acid groups (broad SMARTS) is 1. The van der Waals surface area contributed by atoms with Gasteiger partial charge in [0.05, 0.1) is 39.7 Å². The Balaban J connectivity index is 0.00000420. The molecule has 0 heterocycles. The predicted octanol–water partition coefficient (Wildman–Crippen LogP) is 4.35. The van der Waals surface area contributed by atoms with Crippen molar-refractivity contribution in [2.24, 2.45) is 0 Å². The minimum absolute atomic E-state index is 0. The third-order valence-corrected chi connectivity index (χ3v) is 4.62. The average molecular weight is 426 g/mol. The van der Waals surface area contributed by atoms with E-state index in [1.165, 1.54) is 14.2 Å². The molecule has 0 aliphatic carbocycles. The lowest BCUT2D eigenvalue weighted by Crippen LogP contribution is -2.25. The molecule has 0 atom stereocenters. The lowest BCUT2D eigenvalue weighted by Gasteiger charge is -2.27. The van der Waals surface area contributed by atoms with Crippen molar-refractivity contribution < 1.29 is 28.8 Å². The van der Waals surface area contributed by atoms with Gasteiger partial charge in [0.15, 0.2) is 23.0 Å². The van der Waals surface area contributed by atoms with E-state index in [0.29, 0.717) is 47.3 Å². The van der Waals surface area contributed by atoms with Crippen LogP contribution in [0.1, 0.15) is 24.2 Å². The van der Waals surface area contributed by atoms with Gasteiger partial charge in [-0.25, -0.2) is 4.79 Å². The topological polar surface area (TPSA) is 77.5 Å². The molecule has 0 aliphatic heterocycles. The van der Waals surface area contributed by atoms with Gasteiger partial charge >= 0.3 is 5.97 Å². The van der Waals surface area contributed by atoms with E-state index in [1.54, 1.807) is 32.4 Å². The zero-order chi connectivity index (χ0) is 20.8. The Morgan fingerprint density at radius 2 is 1.48 bits per heavy atom. The molecule has 0 aliphatic rings. The van der Waals surface area contributed by atoms with Crippen LogP contribution in [0.25, 0.3) is 11.1 Å². The zero-order valence-corrected chi connectivity index (χ0v) is 18.4. The molecule has 8 heteroatoms. The number of carboxylic acids is 1. The molecule has 160 valence electrons. The number of rotatable bonds is 9. The minimum Gasteiger partial charge on any atom is -0.493 e. The number of benzene rings is 2. The second-order valence-corrected chi connectivity index (χ2v) is 5.93. The summed E-state index contributed by atoms with van der Waals surface area (Å²) in [6.45, 7) is 5.19. The van der Waals surface area contributed by atoms with Crippen molar-refractivity contribution in [3.63, 3.8) is 0 Å². The summed E-state index contributed by atoms with van der Waals surface area (Å²) in [4.78, 5) is 14.0. The van der Waals surface area contributed by atoms with Gasteiger partial charge < -0.3 is 29.0 Å². The Kier molecular flexibility index (Phi) is 8.91. The molecule has 0 spiro atoms. The normalized spacial score (nSPS) is 10.0. The molecule has 2 aromatic carbocycles. The van der Waals surface area contributed by atoms with Crippen molar-refractivity contribution in [2.75, 3.05) is 46.4 Å². The number of hydrogen-bond acceptors (Lipinski definition) is 6. The summed E-state index contributed by atoms with van der Waals surface area (Å²) < 4.78 is 21.9. The molecule has 2 rings (SSSR count). The molecule has 29 heavy (non-hydrogen) atoms. The molecule has 0 saturated heterocycles. The average Bonchev–Trinajstić information content (AvgIpc) is 2.72. The van der Waals surface area contributed by atoms with Crippen molar-refractivity contribution >= 4 is 24.1 Å². The highest BCUT2D eigenvalue weighted by atomic mass is 35.5. The number of nitrogens with zero attached hydrogens (tertiary/aromatic N) is 1. The van der Waals surface area contributed by atoms with Crippen LogP contribution in [0.4, 0.5) is 5.69 Å². The van der Waals surface area contributed by atoms with Gasteiger partial charge in [0.1, 0.15) is 0 Å². The van der Waals surface area contributed by atoms with Crippen LogP contribution in [0.2, 0.25) is 0 Å². The second kappa shape index (κ2) is 10.7. The van der Waals surface area contributed by atoms with Crippen molar-refractivity contribution in [3.8, 4) is 34.1 Å². The highest BCUT2D eigenvalue weighted by Crippen LogP contribution is 2.48. The van der Waals surface area contributed by atoms with Gasteiger partial charge in [-0.3, -0.25) is 0 Å². The van der Waals surface area contributed by atoms with Gasteiger partial charge in [-0.05, 0) is 37.6 Å². The van der Waals surface area contributed by atoms with Crippen LogP contribution in [0.15, 0.2) is 24.3 Å². The van der Waals surface area contributed by atoms with Gasteiger partial charge in [0, 0.05) is 18.7 Å². The maximum atomic E-state index is 12.1. The smallest absolute Gasteiger partial charge is 0.337 e. The highest BCUT2D eigenvalue weighted by molar-refractivity contribution is 6.00. The standard InChI is InChI=1S/C21H27NO6.ClH/c1-7-22(8-2)18-15(21(23)24)12-14(19(27-5)20(18)28-6)13-9-10-16(25-3)17(11-13)26-4;/h9-12H,7-8H2,1-6H3,(H,23,24);1H. The highest BCUT2D eigenvalue weighted by Gasteiger charge is 2.27. The van der Waals surface area contributed by atoms with Gasteiger partial charge in [0.25, 0.3) is 0 Å². The van der Waals surface area contributed by atoms with Crippen molar-refractivity contribution in [2.45, 2.75) is 13.8 Å². The van der Waals surface area contributed by atoms with Crippen molar-refractivity contribution in [1.29, 1.82) is 0 Å². The fourth-order valence-electron chi connectivity index (χ4n) is 3.26. The molecular weight excluding hydrogens is 398 g/mol. The Morgan fingerprint density at radius 1 is 0.897 bits per heavy atom. The van der Waals surface area contributed by atoms with E-state index in [-0.39, 0.29) is 18.0 Å². The van der Waals surface area contributed by atoms with E-state index in [2.05, 4.69) is 0 Å². The largest absolute Gasteiger partial charge is 0.493 e. The molecule has 0 amide bonds. The molecule has 0 unspecified atom stereocenters. The van der Waals surface area contributed by atoms with E-state index in [4.69, 9.17) is 18.9 Å². The first-order valence-electron chi connectivity index (χ1n) is 8.96. The lowest BCUT2D eigenvalue weighted by atomic mass is 9.98. The number of anilines is 1. The summed E-state index contributed by atoms with van der Waals surface area (Å²) in [5.41, 5.74) is 1.96. The molecule has 0 fully saturated rings. The predicted molar refractivity (Wildman–Crippen MR) is 116 cm³/mol. The lowest BCUT2D eigenvalue weighted by molar-refractivity contribution is 0.0697. The van der Waals surface area contributed by atoms with Crippen LogP contribution in [-0.4, -0.2) is 52.6 Å². The molecular formula is C21H28ClNO6. The molecule has 0 bridgehead atoms. The first-order valence-corrected chi connectivity index (χ1v) is 8.96. The molecule has 0 aromatic heterocycles. The third kappa shape index (κ3) is 4.62. The number of halogens is 1. The summed E-state index contributed by atoms with van der Waals surface area (Å²) in [6.07, 6.45) is 0. The van der Waals surface area contributed by atoms with Crippen LogP contribution in [0, 0.1) is 0 Å². The Hall–Kier alpha value is -2.80. The monoisotopic (exact) mass is 425 g/mol. The van der Waals surface area contributed by atoms with Crippen molar-refractivity contribution in [3.05, 3.63) is 29.8 Å². The van der Waals surface area contributed by atoms with Crippen LogP contribution in [0.5, 0.6) is 23.0 Å². The molecule has 2 aromatic rings. The van der Waals surface area contributed by atoms with Crippen LogP contribution >= 0.6 is 12.4 Å². The van der Waals surface area contributed by atoms with Crippen LogP contribution in [0.3, 0.4) is 0 Å². The van der Waals surface area contributed by atoms with E-state index >= 15 is 0 Å².